The number of hydrogen-bond acceptors (Lipinski definition) is 3. The third-order valence-electron chi connectivity index (χ3n) is 3.57. The molecule has 0 aromatic rings. The normalized spacial score (nSPS) is 22.0. The van der Waals surface area contributed by atoms with E-state index in [4.69, 9.17) is 5.11 Å². The van der Waals surface area contributed by atoms with E-state index >= 15 is 0 Å². The quantitative estimate of drug-likeness (QED) is 0.816. The Hall–Kier alpha value is -1.10. The second-order valence-electron chi connectivity index (χ2n) is 6.08. The molecule has 1 atom stereocenters. The van der Waals surface area contributed by atoms with Crippen molar-refractivity contribution in [3.05, 3.63) is 0 Å². The summed E-state index contributed by atoms with van der Waals surface area (Å²) in [6.07, 6.45) is 0.331. The van der Waals surface area contributed by atoms with Gasteiger partial charge in [0.05, 0.1) is 6.42 Å². The number of amides is 1. The summed E-state index contributed by atoms with van der Waals surface area (Å²) < 4.78 is 0. The molecule has 0 saturated carbocycles. The van der Waals surface area contributed by atoms with E-state index in [2.05, 4.69) is 18.9 Å². The predicted molar refractivity (Wildman–Crippen MR) is 69.3 cm³/mol. The van der Waals surface area contributed by atoms with Crippen LogP contribution in [-0.2, 0) is 9.59 Å². The van der Waals surface area contributed by atoms with Gasteiger partial charge in [-0.1, -0.05) is 13.8 Å². The van der Waals surface area contributed by atoms with Gasteiger partial charge >= 0.3 is 5.97 Å². The van der Waals surface area contributed by atoms with Gasteiger partial charge in [0.15, 0.2) is 0 Å². The van der Waals surface area contributed by atoms with E-state index in [0.717, 1.165) is 19.6 Å². The first-order valence-corrected chi connectivity index (χ1v) is 6.41. The summed E-state index contributed by atoms with van der Waals surface area (Å²) in [7, 11) is 2.06. The van der Waals surface area contributed by atoms with E-state index in [9.17, 15) is 9.59 Å². The Morgan fingerprint density at radius 1 is 1.28 bits per heavy atom. The summed E-state index contributed by atoms with van der Waals surface area (Å²) >= 11 is 0. The molecule has 18 heavy (non-hydrogen) atoms. The minimum atomic E-state index is -0.848. The first-order chi connectivity index (χ1) is 8.21. The van der Waals surface area contributed by atoms with Crippen LogP contribution in [0.25, 0.3) is 0 Å². The third-order valence-corrected chi connectivity index (χ3v) is 3.57. The number of carboxylic acid groups (broad SMARTS) is 1. The molecular weight excluding hydrogens is 232 g/mol. The van der Waals surface area contributed by atoms with Crippen LogP contribution in [0.15, 0.2) is 0 Å². The van der Waals surface area contributed by atoms with Gasteiger partial charge in [0.25, 0.3) is 0 Å². The lowest BCUT2D eigenvalue weighted by Gasteiger charge is -2.38. The molecule has 1 aliphatic rings. The highest BCUT2D eigenvalue weighted by Gasteiger charge is 2.30. The maximum Gasteiger partial charge on any atom is 0.303 e. The molecule has 0 aliphatic carbocycles. The highest BCUT2D eigenvalue weighted by Crippen LogP contribution is 2.26. The molecule has 0 spiro atoms. The van der Waals surface area contributed by atoms with Crippen LogP contribution in [0.1, 0.15) is 33.6 Å². The zero-order valence-electron chi connectivity index (χ0n) is 11.8. The van der Waals surface area contributed by atoms with Gasteiger partial charge in [-0.25, -0.2) is 0 Å². The van der Waals surface area contributed by atoms with Gasteiger partial charge in [-0.3, -0.25) is 9.59 Å². The van der Waals surface area contributed by atoms with Crippen molar-refractivity contribution < 1.29 is 14.7 Å². The first kappa shape index (κ1) is 15.0. The van der Waals surface area contributed by atoms with Crippen molar-refractivity contribution in [1.82, 2.24) is 9.80 Å². The van der Waals surface area contributed by atoms with Crippen LogP contribution in [0, 0.1) is 5.41 Å². The molecule has 1 amide bonds. The topological polar surface area (TPSA) is 60.9 Å². The average molecular weight is 256 g/mol. The minimum absolute atomic E-state index is 0.0298. The van der Waals surface area contributed by atoms with E-state index < -0.39 is 11.4 Å². The molecule has 5 heteroatoms. The highest BCUT2D eigenvalue weighted by atomic mass is 16.4. The van der Waals surface area contributed by atoms with Crippen molar-refractivity contribution in [3.8, 4) is 0 Å². The Balaban J connectivity index is 2.53. The molecule has 1 unspecified atom stereocenters. The van der Waals surface area contributed by atoms with E-state index in [1.165, 1.54) is 0 Å². The Morgan fingerprint density at radius 3 is 2.39 bits per heavy atom. The van der Waals surface area contributed by atoms with Gasteiger partial charge in [-0.2, -0.15) is 0 Å². The van der Waals surface area contributed by atoms with Gasteiger partial charge in [0, 0.05) is 32.1 Å². The molecule has 1 N–H and O–H groups in total. The minimum Gasteiger partial charge on any atom is -0.481 e. The number of carbonyl (C=O) groups excluding carboxylic acids is 1. The number of likely N-dealkylation sites (N-methyl/N-ethyl adjacent to an activating group) is 1. The van der Waals surface area contributed by atoms with E-state index in [-0.39, 0.29) is 12.3 Å². The van der Waals surface area contributed by atoms with Crippen molar-refractivity contribution in [1.29, 1.82) is 0 Å². The van der Waals surface area contributed by atoms with Crippen LogP contribution < -0.4 is 0 Å². The number of nitrogens with zero attached hydrogens (tertiary/aromatic N) is 2. The molecule has 0 aromatic carbocycles. The fourth-order valence-electron chi connectivity index (χ4n) is 2.27. The molecule has 1 saturated heterocycles. The van der Waals surface area contributed by atoms with E-state index in [1.807, 2.05) is 18.7 Å². The monoisotopic (exact) mass is 256 g/mol. The molecular formula is C13H24N2O3. The van der Waals surface area contributed by atoms with Crippen molar-refractivity contribution in [3.63, 3.8) is 0 Å². The van der Waals surface area contributed by atoms with Gasteiger partial charge in [-0.05, 0) is 19.4 Å². The van der Waals surface area contributed by atoms with Crippen molar-refractivity contribution >= 4 is 11.9 Å². The summed E-state index contributed by atoms with van der Waals surface area (Å²) in [4.78, 5) is 27.0. The van der Waals surface area contributed by atoms with Crippen LogP contribution in [0.3, 0.4) is 0 Å². The molecule has 1 fully saturated rings. The van der Waals surface area contributed by atoms with Crippen molar-refractivity contribution in [2.75, 3.05) is 26.7 Å². The summed E-state index contributed by atoms with van der Waals surface area (Å²) in [5, 5.41) is 8.82. The Bertz CT molecular complexity index is 328. The summed E-state index contributed by atoms with van der Waals surface area (Å²) in [6.45, 7) is 8.12. The van der Waals surface area contributed by atoms with Crippen LogP contribution in [0.5, 0.6) is 0 Å². The fourth-order valence-corrected chi connectivity index (χ4v) is 2.27. The van der Waals surface area contributed by atoms with Crippen LogP contribution in [0.4, 0.5) is 0 Å². The lowest BCUT2D eigenvalue weighted by atomic mass is 9.85. The van der Waals surface area contributed by atoms with Crippen LogP contribution >= 0.6 is 0 Å². The van der Waals surface area contributed by atoms with Crippen LogP contribution in [0.2, 0.25) is 0 Å². The van der Waals surface area contributed by atoms with E-state index in [1.54, 1.807) is 0 Å². The van der Waals surface area contributed by atoms with Crippen LogP contribution in [-0.4, -0.2) is 59.5 Å². The molecule has 1 heterocycles. The molecule has 104 valence electrons. The van der Waals surface area contributed by atoms with Crippen molar-refractivity contribution in [2.24, 2.45) is 5.41 Å². The molecule has 0 bridgehead atoms. The van der Waals surface area contributed by atoms with Crippen molar-refractivity contribution in [2.45, 2.75) is 39.7 Å². The number of rotatable bonds is 4. The third kappa shape index (κ3) is 4.29. The number of carbonyl (C=O) groups is 2. The van der Waals surface area contributed by atoms with Gasteiger partial charge in [0.2, 0.25) is 5.91 Å². The zero-order chi connectivity index (χ0) is 13.9. The largest absolute Gasteiger partial charge is 0.481 e. The number of hydrogen-bond donors (Lipinski definition) is 1. The Kier molecular flexibility index (Phi) is 4.73. The molecule has 0 radical (unpaired) electrons. The molecule has 5 nitrogen and oxygen atoms in total. The number of piperazine rings is 1. The zero-order valence-corrected chi connectivity index (χ0v) is 11.8. The van der Waals surface area contributed by atoms with Gasteiger partial charge in [-0.15, -0.1) is 0 Å². The first-order valence-electron chi connectivity index (χ1n) is 6.41. The smallest absolute Gasteiger partial charge is 0.303 e. The lowest BCUT2D eigenvalue weighted by Crippen LogP contribution is -2.52. The predicted octanol–water partition coefficient (Wildman–Crippen LogP) is 1.04. The lowest BCUT2D eigenvalue weighted by molar-refractivity contribution is -0.141. The second kappa shape index (κ2) is 5.69. The Labute approximate surface area is 109 Å². The summed E-state index contributed by atoms with van der Waals surface area (Å²) in [5.74, 6) is -0.777. The highest BCUT2D eigenvalue weighted by molar-refractivity contribution is 5.78. The summed E-state index contributed by atoms with van der Waals surface area (Å²) in [6, 6.07) is 0.366. The fraction of sp³-hybridized carbons (Fsp3) is 0.846. The van der Waals surface area contributed by atoms with Gasteiger partial charge < -0.3 is 14.9 Å². The van der Waals surface area contributed by atoms with Gasteiger partial charge in [0.1, 0.15) is 0 Å². The maximum atomic E-state index is 12.2. The average Bonchev–Trinajstić information content (AvgIpc) is 2.19. The number of aliphatic carboxylic acids is 1. The summed E-state index contributed by atoms with van der Waals surface area (Å²) in [5.41, 5.74) is -0.477. The Morgan fingerprint density at radius 2 is 1.89 bits per heavy atom. The molecule has 1 rings (SSSR count). The SMILES string of the molecule is CC1CN(C(=O)CC(C)(C)CC(=O)O)CCN1C. The van der Waals surface area contributed by atoms with E-state index in [0.29, 0.717) is 12.5 Å². The molecule has 1 aliphatic heterocycles. The standard InChI is InChI=1S/C13H24N2O3/c1-10-9-15(6-5-14(10)4)11(16)7-13(2,3)8-12(17)18/h10H,5-9H2,1-4H3,(H,17,18). The molecule has 0 aromatic heterocycles. The number of carboxylic acids is 1. The maximum absolute atomic E-state index is 12.2. The second-order valence-corrected chi connectivity index (χ2v) is 6.08.